The van der Waals surface area contributed by atoms with Gasteiger partial charge in [0, 0.05) is 6.54 Å². The molecule has 0 bridgehead atoms. The number of hydrogen-bond acceptors (Lipinski definition) is 2. The van der Waals surface area contributed by atoms with E-state index < -0.39 is 0 Å². The summed E-state index contributed by atoms with van der Waals surface area (Å²) in [7, 11) is 0. The first kappa shape index (κ1) is 19.5. The fraction of sp³-hybridized carbons (Fsp3) is 0.538. The second-order valence-corrected chi connectivity index (χ2v) is 8.76. The van der Waals surface area contributed by atoms with Crippen molar-refractivity contribution in [2.24, 2.45) is 11.8 Å². The highest BCUT2D eigenvalue weighted by Crippen LogP contribution is 2.32. The van der Waals surface area contributed by atoms with E-state index in [1.807, 2.05) is 0 Å². The standard InChI is InChI=1S/C26H35NO/c1-3-7-22(8-4-1)21-23-15-17-27(18-16-23)19-20-28-26-13-11-25(12-14-26)24-9-5-2-6-10-24/h2,5-6,9-14,22-23H,1,3-4,7-8,15-21H2. The van der Waals surface area contributed by atoms with Gasteiger partial charge in [-0.15, -0.1) is 0 Å². The molecule has 2 aromatic rings. The van der Waals surface area contributed by atoms with Crippen LogP contribution in [0.4, 0.5) is 0 Å². The van der Waals surface area contributed by atoms with Crippen molar-refractivity contribution in [2.75, 3.05) is 26.2 Å². The molecular formula is C26H35NO. The van der Waals surface area contributed by atoms with E-state index in [-0.39, 0.29) is 0 Å². The van der Waals surface area contributed by atoms with Crippen LogP contribution in [-0.2, 0) is 0 Å². The lowest BCUT2D eigenvalue weighted by molar-refractivity contribution is 0.138. The lowest BCUT2D eigenvalue weighted by Gasteiger charge is -2.34. The number of ether oxygens (including phenoxy) is 1. The second-order valence-electron chi connectivity index (χ2n) is 8.76. The third-order valence-corrected chi connectivity index (χ3v) is 6.74. The van der Waals surface area contributed by atoms with Gasteiger partial charge < -0.3 is 4.74 Å². The molecule has 2 nitrogen and oxygen atoms in total. The van der Waals surface area contributed by atoms with Gasteiger partial charge in [0.25, 0.3) is 0 Å². The number of likely N-dealkylation sites (tertiary alicyclic amines) is 1. The Morgan fingerprint density at radius 1 is 0.714 bits per heavy atom. The van der Waals surface area contributed by atoms with Crippen molar-refractivity contribution in [1.82, 2.24) is 4.90 Å². The van der Waals surface area contributed by atoms with E-state index in [9.17, 15) is 0 Å². The number of nitrogens with zero attached hydrogens (tertiary/aromatic N) is 1. The van der Waals surface area contributed by atoms with Crippen LogP contribution in [0.25, 0.3) is 11.1 Å². The Labute approximate surface area is 170 Å². The summed E-state index contributed by atoms with van der Waals surface area (Å²) in [5.74, 6) is 2.99. The number of piperidine rings is 1. The second kappa shape index (κ2) is 10.1. The van der Waals surface area contributed by atoms with Gasteiger partial charge >= 0.3 is 0 Å². The summed E-state index contributed by atoms with van der Waals surface area (Å²) in [6.07, 6.45) is 11.7. The zero-order valence-electron chi connectivity index (χ0n) is 17.2. The van der Waals surface area contributed by atoms with Gasteiger partial charge in [0.05, 0.1) is 0 Å². The molecule has 1 heterocycles. The minimum absolute atomic E-state index is 0.790. The minimum Gasteiger partial charge on any atom is -0.492 e. The van der Waals surface area contributed by atoms with Gasteiger partial charge in [-0.1, -0.05) is 74.6 Å². The Bertz CT molecular complexity index is 682. The molecule has 2 aliphatic rings. The summed E-state index contributed by atoms with van der Waals surface area (Å²) in [6, 6.07) is 19.0. The smallest absolute Gasteiger partial charge is 0.119 e. The highest BCUT2D eigenvalue weighted by Gasteiger charge is 2.23. The first-order chi connectivity index (χ1) is 13.9. The fourth-order valence-corrected chi connectivity index (χ4v) is 5.01. The summed E-state index contributed by atoms with van der Waals surface area (Å²) in [4.78, 5) is 2.59. The Morgan fingerprint density at radius 2 is 1.36 bits per heavy atom. The number of benzene rings is 2. The van der Waals surface area contributed by atoms with Gasteiger partial charge in [0.15, 0.2) is 0 Å². The number of rotatable bonds is 7. The molecule has 0 radical (unpaired) electrons. The van der Waals surface area contributed by atoms with Crippen molar-refractivity contribution in [3.05, 3.63) is 54.6 Å². The summed E-state index contributed by atoms with van der Waals surface area (Å²) in [6.45, 7) is 4.36. The summed E-state index contributed by atoms with van der Waals surface area (Å²) in [5, 5.41) is 0. The van der Waals surface area contributed by atoms with Crippen molar-refractivity contribution in [2.45, 2.75) is 51.4 Å². The molecule has 0 amide bonds. The predicted octanol–water partition coefficient (Wildman–Crippen LogP) is 6.41. The van der Waals surface area contributed by atoms with E-state index in [4.69, 9.17) is 4.74 Å². The van der Waals surface area contributed by atoms with Crippen molar-refractivity contribution in [1.29, 1.82) is 0 Å². The van der Waals surface area contributed by atoms with Crippen LogP contribution in [0.15, 0.2) is 54.6 Å². The first-order valence-corrected chi connectivity index (χ1v) is 11.4. The largest absolute Gasteiger partial charge is 0.492 e. The van der Waals surface area contributed by atoms with Gasteiger partial charge in [0.2, 0.25) is 0 Å². The summed E-state index contributed by atoms with van der Waals surface area (Å²) >= 11 is 0. The maximum atomic E-state index is 6.01. The molecule has 1 aliphatic carbocycles. The summed E-state index contributed by atoms with van der Waals surface area (Å²) in [5.41, 5.74) is 2.50. The molecule has 28 heavy (non-hydrogen) atoms. The minimum atomic E-state index is 0.790. The van der Waals surface area contributed by atoms with E-state index in [2.05, 4.69) is 59.5 Å². The van der Waals surface area contributed by atoms with Crippen LogP contribution in [0.5, 0.6) is 5.75 Å². The van der Waals surface area contributed by atoms with Crippen molar-refractivity contribution in [3.63, 3.8) is 0 Å². The zero-order valence-corrected chi connectivity index (χ0v) is 17.2. The average Bonchev–Trinajstić information content (AvgIpc) is 2.77. The molecule has 150 valence electrons. The SMILES string of the molecule is c1ccc(-c2ccc(OCCN3CCC(CC4CCCCC4)CC3)cc2)cc1. The molecule has 2 fully saturated rings. The molecule has 2 heteroatoms. The normalized spacial score (nSPS) is 19.6. The first-order valence-electron chi connectivity index (χ1n) is 11.4. The molecule has 0 spiro atoms. The molecule has 4 rings (SSSR count). The van der Waals surface area contributed by atoms with E-state index >= 15 is 0 Å². The predicted molar refractivity (Wildman–Crippen MR) is 118 cm³/mol. The van der Waals surface area contributed by atoms with Gasteiger partial charge in [-0.05, 0) is 67.4 Å². The quantitative estimate of drug-likeness (QED) is 0.552. The molecular weight excluding hydrogens is 342 g/mol. The Morgan fingerprint density at radius 3 is 2.07 bits per heavy atom. The van der Waals surface area contributed by atoms with Crippen molar-refractivity contribution in [3.8, 4) is 16.9 Å². The van der Waals surface area contributed by atoms with E-state index in [0.29, 0.717) is 0 Å². The molecule has 0 atom stereocenters. The Kier molecular flexibility index (Phi) is 7.05. The van der Waals surface area contributed by atoms with Gasteiger partial charge in [-0.25, -0.2) is 0 Å². The average molecular weight is 378 g/mol. The Balaban J connectivity index is 1.15. The summed E-state index contributed by atoms with van der Waals surface area (Å²) < 4.78 is 6.01. The maximum absolute atomic E-state index is 6.01. The van der Waals surface area contributed by atoms with Crippen LogP contribution in [-0.4, -0.2) is 31.1 Å². The molecule has 2 aromatic carbocycles. The molecule has 0 N–H and O–H groups in total. The molecule has 0 unspecified atom stereocenters. The lowest BCUT2D eigenvalue weighted by Crippen LogP contribution is -2.37. The van der Waals surface area contributed by atoms with Crippen molar-refractivity contribution >= 4 is 0 Å². The van der Waals surface area contributed by atoms with E-state index in [0.717, 1.165) is 30.7 Å². The van der Waals surface area contributed by atoms with Crippen LogP contribution >= 0.6 is 0 Å². The topological polar surface area (TPSA) is 12.5 Å². The van der Waals surface area contributed by atoms with E-state index in [1.165, 1.54) is 75.6 Å². The van der Waals surface area contributed by atoms with Gasteiger partial charge in [-0.3, -0.25) is 4.90 Å². The zero-order chi connectivity index (χ0) is 19.0. The van der Waals surface area contributed by atoms with E-state index in [1.54, 1.807) is 0 Å². The molecule has 1 saturated carbocycles. The molecule has 0 aromatic heterocycles. The van der Waals surface area contributed by atoms with Crippen LogP contribution in [0.2, 0.25) is 0 Å². The highest BCUT2D eigenvalue weighted by atomic mass is 16.5. The van der Waals surface area contributed by atoms with Gasteiger partial charge in [0.1, 0.15) is 12.4 Å². The number of hydrogen-bond donors (Lipinski definition) is 0. The van der Waals surface area contributed by atoms with Crippen LogP contribution < -0.4 is 4.74 Å². The third-order valence-electron chi connectivity index (χ3n) is 6.74. The lowest BCUT2D eigenvalue weighted by atomic mass is 9.80. The van der Waals surface area contributed by atoms with Crippen LogP contribution in [0.3, 0.4) is 0 Å². The molecule has 1 aliphatic heterocycles. The van der Waals surface area contributed by atoms with Crippen LogP contribution in [0.1, 0.15) is 51.4 Å². The Hall–Kier alpha value is -1.80. The molecule has 1 saturated heterocycles. The monoisotopic (exact) mass is 377 g/mol. The van der Waals surface area contributed by atoms with Crippen LogP contribution in [0, 0.1) is 11.8 Å². The van der Waals surface area contributed by atoms with Crippen molar-refractivity contribution < 1.29 is 4.74 Å². The third kappa shape index (κ3) is 5.61. The van der Waals surface area contributed by atoms with Gasteiger partial charge in [-0.2, -0.15) is 0 Å². The highest BCUT2D eigenvalue weighted by molar-refractivity contribution is 5.63. The maximum Gasteiger partial charge on any atom is 0.119 e. The fourth-order valence-electron chi connectivity index (χ4n) is 5.01.